The Morgan fingerprint density at radius 1 is 0.957 bits per heavy atom. The summed E-state index contributed by atoms with van der Waals surface area (Å²) in [7, 11) is 0. The summed E-state index contributed by atoms with van der Waals surface area (Å²) in [5.41, 5.74) is 7.22. The van der Waals surface area contributed by atoms with E-state index in [1.807, 2.05) is 24.3 Å². The Bertz CT molecular complexity index is 839. The van der Waals surface area contributed by atoms with Crippen molar-refractivity contribution in [2.24, 2.45) is 5.73 Å². The number of rotatable bonds is 5. The molecule has 0 radical (unpaired) electrons. The average Bonchev–Trinajstić information content (AvgIpc) is 3.00. The van der Waals surface area contributed by atoms with E-state index in [4.69, 9.17) is 10.3 Å². The fourth-order valence-electron chi connectivity index (χ4n) is 2.36. The maximum atomic E-state index is 12.3. The van der Waals surface area contributed by atoms with E-state index in [1.165, 1.54) is 0 Å². The third-order valence-corrected chi connectivity index (χ3v) is 3.47. The second kappa shape index (κ2) is 6.27. The molecule has 1 aromatic heterocycles. The number of hydrogen-bond acceptors (Lipinski definition) is 4. The highest BCUT2D eigenvalue weighted by Crippen LogP contribution is 2.26. The zero-order valence-corrected chi connectivity index (χ0v) is 12.2. The quantitative estimate of drug-likeness (QED) is 0.734. The van der Waals surface area contributed by atoms with Crippen molar-refractivity contribution >= 4 is 11.7 Å². The second-order valence-electron chi connectivity index (χ2n) is 5.03. The van der Waals surface area contributed by atoms with E-state index in [0.717, 1.165) is 0 Å². The first kappa shape index (κ1) is 14.7. The number of amides is 1. The van der Waals surface area contributed by atoms with Crippen LogP contribution in [0.15, 0.2) is 65.2 Å². The van der Waals surface area contributed by atoms with Crippen molar-refractivity contribution in [2.75, 3.05) is 0 Å². The van der Waals surface area contributed by atoms with Crippen molar-refractivity contribution < 1.29 is 14.1 Å². The number of nitrogens with zero attached hydrogens (tertiary/aromatic N) is 1. The fraction of sp³-hybridized carbons (Fsp3) is 0.0556. The number of primary amides is 1. The molecule has 3 rings (SSSR count). The molecule has 5 nitrogen and oxygen atoms in total. The monoisotopic (exact) mass is 306 g/mol. The minimum absolute atomic E-state index is 0.0673. The van der Waals surface area contributed by atoms with Crippen LogP contribution in [0.4, 0.5) is 0 Å². The van der Waals surface area contributed by atoms with E-state index in [1.54, 1.807) is 36.4 Å². The van der Waals surface area contributed by atoms with Gasteiger partial charge in [0.2, 0.25) is 0 Å². The maximum Gasteiger partial charge on any atom is 0.254 e. The van der Waals surface area contributed by atoms with Crippen LogP contribution >= 0.6 is 0 Å². The summed E-state index contributed by atoms with van der Waals surface area (Å²) in [5.74, 6) is -0.643. The summed E-state index contributed by atoms with van der Waals surface area (Å²) in [6, 6.07) is 17.9. The number of benzene rings is 2. The highest BCUT2D eigenvalue weighted by atomic mass is 16.5. The van der Waals surface area contributed by atoms with E-state index >= 15 is 0 Å². The maximum absolute atomic E-state index is 12.3. The third kappa shape index (κ3) is 3.03. The van der Waals surface area contributed by atoms with E-state index in [0.29, 0.717) is 16.8 Å². The zero-order valence-electron chi connectivity index (χ0n) is 12.2. The molecule has 0 aliphatic heterocycles. The molecular weight excluding hydrogens is 292 g/mol. The number of carbonyl (C=O) groups is 2. The number of aromatic nitrogens is 1. The molecule has 2 aromatic carbocycles. The number of nitrogens with two attached hydrogens (primary N) is 1. The molecule has 2 N–H and O–H groups in total. The first-order valence-corrected chi connectivity index (χ1v) is 7.09. The number of ketones is 1. The van der Waals surface area contributed by atoms with Gasteiger partial charge in [-0.25, -0.2) is 0 Å². The molecule has 114 valence electrons. The van der Waals surface area contributed by atoms with Crippen molar-refractivity contribution in [2.45, 2.75) is 6.42 Å². The highest BCUT2D eigenvalue weighted by molar-refractivity contribution is 6.03. The van der Waals surface area contributed by atoms with Crippen molar-refractivity contribution in [1.29, 1.82) is 0 Å². The van der Waals surface area contributed by atoms with Gasteiger partial charge < -0.3 is 10.3 Å². The molecule has 0 bridgehead atoms. The Kier molecular flexibility index (Phi) is 4.01. The SMILES string of the molecule is NC(=O)c1c(-c2ccccc2)noc1CC(=O)c1ccccc1. The van der Waals surface area contributed by atoms with Crippen molar-refractivity contribution in [3.63, 3.8) is 0 Å². The third-order valence-electron chi connectivity index (χ3n) is 3.47. The second-order valence-corrected chi connectivity index (χ2v) is 5.03. The fourth-order valence-corrected chi connectivity index (χ4v) is 2.36. The van der Waals surface area contributed by atoms with Crippen LogP contribution in [0.5, 0.6) is 0 Å². The van der Waals surface area contributed by atoms with Gasteiger partial charge in [0.05, 0.1) is 6.42 Å². The van der Waals surface area contributed by atoms with Crippen LogP contribution in [0.3, 0.4) is 0 Å². The highest BCUT2D eigenvalue weighted by Gasteiger charge is 2.24. The van der Waals surface area contributed by atoms with Crippen LogP contribution in [-0.4, -0.2) is 16.8 Å². The average molecular weight is 306 g/mol. The Morgan fingerprint density at radius 3 is 2.17 bits per heavy atom. The van der Waals surface area contributed by atoms with E-state index in [-0.39, 0.29) is 23.5 Å². The van der Waals surface area contributed by atoms with Gasteiger partial charge in [0, 0.05) is 11.1 Å². The van der Waals surface area contributed by atoms with Crippen LogP contribution < -0.4 is 5.73 Å². The molecule has 5 heteroatoms. The van der Waals surface area contributed by atoms with Gasteiger partial charge in [0.15, 0.2) is 11.5 Å². The molecule has 0 aliphatic carbocycles. The Labute approximate surface area is 132 Å². The van der Waals surface area contributed by atoms with Crippen molar-refractivity contribution in [1.82, 2.24) is 5.16 Å². The molecule has 1 amide bonds. The molecule has 0 saturated heterocycles. The van der Waals surface area contributed by atoms with Crippen molar-refractivity contribution in [3.05, 3.63) is 77.6 Å². The zero-order chi connectivity index (χ0) is 16.2. The van der Waals surface area contributed by atoms with Crippen LogP contribution in [0.1, 0.15) is 26.5 Å². The van der Waals surface area contributed by atoms with E-state index in [9.17, 15) is 9.59 Å². The van der Waals surface area contributed by atoms with Crippen LogP contribution in [0.25, 0.3) is 11.3 Å². The molecule has 0 saturated carbocycles. The Hall–Kier alpha value is -3.21. The smallest absolute Gasteiger partial charge is 0.254 e. The minimum atomic E-state index is -0.666. The lowest BCUT2D eigenvalue weighted by molar-refractivity contribution is 0.0982. The number of hydrogen-bond donors (Lipinski definition) is 1. The van der Waals surface area contributed by atoms with Crippen molar-refractivity contribution in [3.8, 4) is 11.3 Å². The minimum Gasteiger partial charge on any atom is -0.365 e. The van der Waals surface area contributed by atoms with Crippen LogP contribution in [0.2, 0.25) is 0 Å². The molecule has 0 spiro atoms. The summed E-state index contributed by atoms with van der Waals surface area (Å²) >= 11 is 0. The van der Waals surface area contributed by atoms with Gasteiger partial charge >= 0.3 is 0 Å². The molecule has 23 heavy (non-hydrogen) atoms. The molecule has 0 atom stereocenters. The molecule has 0 aliphatic rings. The van der Waals surface area contributed by atoms with Gasteiger partial charge in [-0.3, -0.25) is 9.59 Å². The topological polar surface area (TPSA) is 86.2 Å². The summed E-state index contributed by atoms with van der Waals surface area (Å²) in [6.45, 7) is 0. The molecular formula is C18H14N2O3. The van der Waals surface area contributed by atoms with Gasteiger partial charge in [-0.05, 0) is 0 Å². The summed E-state index contributed by atoms with van der Waals surface area (Å²) < 4.78 is 5.23. The summed E-state index contributed by atoms with van der Waals surface area (Å²) in [4.78, 5) is 24.1. The normalized spacial score (nSPS) is 10.4. The van der Waals surface area contributed by atoms with Gasteiger partial charge in [0.1, 0.15) is 11.3 Å². The number of Topliss-reactive ketones (excluding diaryl/α,β-unsaturated/α-hetero) is 1. The predicted octanol–water partition coefficient (Wildman–Crippen LogP) is 2.87. The lowest BCUT2D eigenvalue weighted by Crippen LogP contribution is -2.15. The summed E-state index contributed by atoms with van der Waals surface area (Å²) in [5, 5.41) is 3.93. The Morgan fingerprint density at radius 2 is 1.57 bits per heavy atom. The van der Waals surface area contributed by atoms with Gasteiger partial charge in [0.25, 0.3) is 5.91 Å². The van der Waals surface area contributed by atoms with Gasteiger partial charge in [-0.15, -0.1) is 0 Å². The number of carbonyl (C=O) groups excluding carboxylic acids is 2. The predicted molar refractivity (Wildman–Crippen MR) is 84.9 cm³/mol. The molecule has 0 unspecified atom stereocenters. The lowest BCUT2D eigenvalue weighted by Gasteiger charge is -2.01. The standard InChI is InChI=1S/C18H14N2O3/c19-18(22)16-15(11-14(21)12-7-3-1-4-8-12)23-20-17(16)13-9-5-2-6-10-13/h1-10H,11H2,(H2,19,22). The van der Waals surface area contributed by atoms with E-state index in [2.05, 4.69) is 5.16 Å². The Balaban J connectivity index is 1.96. The van der Waals surface area contributed by atoms with Crippen LogP contribution in [0, 0.1) is 0 Å². The first-order chi connectivity index (χ1) is 11.2. The summed E-state index contributed by atoms with van der Waals surface area (Å²) in [6.07, 6.45) is -0.0673. The largest absolute Gasteiger partial charge is 0.365 e. The molecule has 0 fully saturated rings. The lowest BCUT2D eigenvalue weighted by atomic mass is 10.0. The molecule has 1 heterocycles. The van der Waals surface area contributed by atoms with E-state index < -0.39 is 5.91 Å². The first-order valence-electron chi connectivity index (χ1n) is 7.09. The molecule has 3 aromatic rings. The van der Waals surface area contributed by atoms with Gasteiger partial charge in [-0.1, -0.05) is 65.8 Å². The van der Waals surface area contributed by atoms with Gasteiger partial charge in [-0.2, -0.15) is 0 Å². The van der Waals surface area contributed by atoms with Crippen LogP contribution in [-0.2, 0) is 6.42 Å².